The Morgan fingerprint density at radius 3 is 2.06 bits per heavy atom. The van der Waals surface area contributed by atoms with Crippen LogP contribution in [0, 0.1) is 11.7 Å². The fourth-order valence-electron chi connectivity index (χ4n) is 1.62. The highest BCUT2D eigenvalue weighted by Crippen LogP contribution is 2.23. The van der Waals surface area contributed by atoms with Gasteiger partial charge >= 0.3 is 0 Å². The molecule has 0 saturated heterocycles. The number of carbonyl (C=O) groups excluding carboxylic acids is 1. The predicted octanol–water partition coefficient (Wildman–Crippen LogP) is 1.18. The lowest BCUT2D eigenvalue weighted by atomic mass is 9.93. The van der Waals surface area contributed by atoms with Gasteiger partial charge in [-0.1, -0.05) is 26.0 Å². The van der Waals surface area contributed by atoms with Gasteiger partial charge in [0.05, 0.1) is 11.6 Å². The molecule has 0 heterocycles. The Balaban J connectivity index is 3.20. The zero-order valence-corrected chi connectivity index (χ0v) is 10.5. The molecule has 1 aromatic rings. The summed E-state index contributed by atoms with van der Waals surface area (Å²) in [7, 11) is 0. The van der Waals surface area contributed by atoms with Crippen LogP contribution in [0.25, 0.3) is 0 Å². The number of hydrogen-bond donors (Lipinski definition) is 3. The molecule has 1 amide bonds. The molecule has 0 aromatic heterocycles. The standard InChI is InChI=1S/C13H18FN3O/c1-7(2)11(15)10(13(17)18)12(16)8-3-5-9(14)6-4-8/h3-7,12H,15-16H2,1-2H3,(H2,17,18)/b11-10+. The van der Waals surface area contributed by atoms with Gasteiger partial charge in [0.1, 0.15) is 5.82 Å². The molecule has 5 heteroatoms. The third kappa shape index (κ3) is 3.07. The van der Waals surface area contributed by atoms with Crippen LogP contribution in [0.15, 0.2) is 35.5 Å². The highest BCUT2D eigenvalue weighted by Gasteiger charge is 2.21. The maximum atomic E-state index is 12.8. The largest absolute Gasteiger partial charge is 0.401 e. The average molecular weight is 251 g/mol. The zero-order valence-electron chi connectivity index (χ0n) is 10.5. The molecule has 4 nitrogen and oxygen atoms in total. The molecule has 1 atom stereocenters. The maximum absolute atomic E-state index is 12.8. The molecule has 0 spiro atoms. The fraction of sp³-hybridized carbons (Fsp3) is 0.308. The van der Waals surface area contributed by atoms with Gasteiger partial charge < -0.3 is 17.2 Å². The molecule has 0 aliphatic rings. The summed E-state index contributed by atoms with van der Waals surface area (Å²) in [5, 5.41) is 0. The molecule has 0 radical (unpaired) electrons. The summed E-state index contributed by atoms with van der Waals surface area (Å²) in [6.07, 6.45) is 0. The minimum absolute atomic E-state index is 0.0426. The van der Waals surface area contributed by atoms with E-state index in [1.165, 1.54) is 24.3 Å². The molecular weight excluding hydrogens is 233 g/mol. The van der Waals surface area contributed by atoms with Crippen LogP contribution in [0.3, 0.4) is 0 Å². The van der Waals surface area contributed by atoms with Crippen molar-refractivity contribution in [3.8, 4) is 0 Å². The zero-order chi connectivity index (χ0) is 13.9. The van der Waals surface area contributed by atoms with Crippen molar-refractivity contribution in [2.45, 2.75) is 19.9 Å². The Kier molecular flexibility index (Phi) is 4.44. The van der Waals surface area contributed by atoms with Crippen LogP contribution in [-0.2, 0) is 4.79 Å². The van der Waals surface area contributed by atoms with Crippen molar-refractivity contribution in [3.05, 3.63) is 46.9 Å². The van der Waals surface area contributed by atoms with Gasteiger partial charge in [-0.2, -0.15) is 0 Å². The number of amides is 1. The Morgan fingerprint density at radius 2 is 1.67 bits per heavy atom. The second kappa shape index (κ2) is 5.64. The minimum Gasteiger partial charge on any atom is -0.401 e. The Labute approximate surface area is 106 Å². The second-order valence-electron chi connectivity index (χ2n) is 4.42. The number of nitrogens with two attached hydrogens (primary N) is 3. The van der Waals surface area contributed by atoms with E-state index in [2.05, 4.69) is 0 Å². The maximum Gasteiger partial charge on any atom is 0.248 e. The number of hydrogen-bond acceptors (Lipinski definition) is 3. The number of primary amides is 1. The average Bonchev–Trinajstić information content (AvgIpc) is 2.29. The van der Waals surface area contributed by atoms with Crippen molar-refractivity contribution < 1.29 is 9.18 Å². The van der Waals surface area contributed by atoms with Gasteiger partial charge in [0.25, 0.3) is 0 Å². The van der Waals surface area contributed by atoms with Gasteiger partial charge in [-0.3, -0.25) is 4.79 Å². The summed E-state index contributed by atoms with van der Waals surface area (Å²) >= 11 is 0. The van der Waals surface area contributed by atoms with E-state index in [9.17, 15) is 9.18 Å². The summed E-state index contributed by atoms with van der Waals surface area (Å²) < 4.78 is 12.8. The minimum atomic E-state index is -0.745. The molecule has 0 bridgehead atoms. The monoisotopic (exact) mass is 251 g/mol. The van der Waals surface area contributed by atoms with Crippen LogP contribution < -0.4 is 17.2 Å². The Bertz CT molecular complexity index is 466. The van der Waals surface area contributed by atoms with Crippen molar-refractivity contribution in [1.82, 2.24) is 0 Å². The van der Waals surface area contributed by atoms with Crippen molar-refractivity contribution in [2.75, 3.05) is 0 Å². The summed E-state index contributed by atoms with van der Waals surface area (Å²) in [5.41, 5.74) is 18.3. The molecule has 1 unspecified atom stereocenters. The van der Waals surface area contributed by atoms with Crippen molar-refractivity contribution in [2.24, 2.45) is 23.1 Å². The Hall–Kier alpha value is -1.88. The molecule has 0 aliphatic heterocycles. The third-order valence-electron chi connectivity index (χ3n) is 2.74. The van der Waals surface area contributed by atoms with Crippen LogP contribution in [0.2, 0.25) is 0 Å². The van der Waals surface area contributed by atoms with E-state index in [0.29, 0.717) is 11.3 Å². The van der Waals surface area contributed by atoms with Gasteiger partial charge in [0.15, 0.2) is 0 Å². The SMILES string of the molecule is CC(C)/C(N)=C(\C(N)=O)C(N)c1ccc(F)cc1. The number of rotatable bonds is 4. The summed E-state index contributed by atoms with van der Waals surface area (Å²) in [5.74, 6) is -1.07. The first-order valence-electron chi connectivity index (χ1n) is 5.65. The van der Waals surface area contributed by atoms with E-state index >= 15 is 0 Å². The molecule has 6 N–H and O–H groups in total. The molecule has 18 heavy (non-hydrogen) atoms. The van der Waals surface area contributed by atoms with Gasteiger partial charge in [-0.25, -0.2) is 4.39 Å². The highest BCUT2D eigenvalue weighted by molar-refractivity contribution is 5.94. The number of carbonyl (C=O) groups is 1. The van der Waals surface area contributed by atoms with Crippen LogP contribution in [0.4, 0.5) is 4.39 Å². The summed E-state index contributed by atoms with van der Waals surface area (Å²) in [4.78, 5) is 11.5. The molecule has 98 valence electrons. The van der Waals surface area contributed by atoms with Crippen molar-refractivity contribution in [1.29, 1.82) is 0 Å². The third-order valence-corrected chi connectivity index (χ3v) is 2.74. The number of allylic oxidation sites excluding steroid dienone is 1. The summed E-state index contributed by atoms with van der Waals surface area (Å²) in [6, 6.07) is 4.83. The van der Waals surface area contributed by atoms with Crippen LogP contribution >= 0.6 is 0 Å². The molecule has 1 aromatic carbocycles. The first-order valence-corrected chi connectivity index (χ1v) is 5.65. The van der Waals surface area contributed by atoms with Gasteiger partial charge in [0, 0.05) is 5.70 Å². The van der Waals surface area contributed by atoms with Crippen molar-refractivity contribution >= 4 is 5.91 Å². The molecule has 0 saturated carbocycles. The van der Waals surface area contributed by atoms with E-state index < -0.39 is 11.9 Å². The fourth-order valence-corrected chi connectivity index (χ4v) is 1.62. The highest BCUT2D eigenvalue weighted by atomic mass is 19.1. The van der Waals surface area contributed by atoms with Gasteiger partial charge in [-0.15, -0.1) is 0 Å². The van der Waals surface area contributed by atoms with Crippen molar-refractivity contribution in [3.63, 3.8) is 0 Å². The first-order chi connectivity index (χ1) is 8.34. The van der Waals surface area contributed by atoms with E-state index in [4.69, 9.17) is 17.2 Å². The van der Waals surface area contributed by atoms with Gasteiger partial charge in [-0.05, 0) is 23.6 Å². The number of halogens is 1. The second-order valence-corrected chi connectivity index (χ2v) is 4.42. The molecule has 0 fully saturated rings. The first kappa shape index (κ1) is 14.2. The number of benzene rings is 1. The molecule has 1 rings (SSSR count). The van der Waals surface area contributed by atoms with Crippen LogP contribution in [0.5, 0.6) is 0 Å². The normalized spacial score (nSPS) is 14.3. The lowest BCUT2D eigenvalue weighted by molar-refractivity contribution is -0.114. The molecular formula is C13H18FN3O. The topological polar surface area (TPSA) is 95.1 Å². The van der Waals surface area contributed by atoms with Gasteiger partial charge in [0.2, 0.25) is 5.91 Å². The lowest BCUT2D eigenvalue weighted by Crippen LogP contribution is -2.29. The van der Waals surface area contributed by atoms with E-state index in [-0.39, 0.29) is 17.3 Å². The smallest absolute Gasteiger partial charge is 0.248 e. The quantitative estimate of drug-likeness (QED) is 0.701. The van der Waals surface area contributed by atoms with E-state index in [1.54, 1.807) is 0 Å². The Morgan fingerprint density at radius 1 is 1.17 bits per heavy atom. The summed E-state index contributed by atoms with van der Waals surface area (Å²) in [6.45, 7) is 3.69. The predicted molar refractivity (Wildman–Crippen MR) is 68.6 cm³/mol. The van der Waals surface area contributed by atoms with E-state index in [1.807, 2.05) is 13.8 Å². The molecule has 0 aliphatic carbocycles. The van der Waals surface area contributed by atoms with Crippen LogP contribution in [0.1, 0.15) is 25.5 Å². The van der Waals surface area contributed by atoms with Crippen LogP contribution in [-0.4, -0.2) is 5.91 Å². The van der Waals surface area contributed by atoms with E-state index in [0.717, 1.165) is 0 Å². The lowest BCUT2D eigenvalue weighted by Gasteiger charge is -2.18.